The molecule has 0 saturated carbocycles. The highest BCUT2D eigenvalue weighted by Gasteiger charge is 2.33. The van der Waals surface area contributed by atoms with Crippen molar-refractivity contribution in [1.82, 2.24) is 24.2 Å². The van der Waals surface area contributed by atoms with E-state index in [4.69, 9.17) is 21.3 Å². The minimum atomic E-state index is -0.556. The van der Waals surface area contributed by atoms with Crippen LogP contribution in [0.5, 0.6) is 0 Å². The van der Waals surface area contributed by atoms with Crippen LogP contribution in [0.4, 0.5) is 10.6 Å². The normalized spacial score (nSPS) is 15.3. The number of rotatable bonds is 11. The van der Waals surface area contributed by atoms with Crippen molar-refractivity contribution in [3.05, 3.63) is 51.9 Å². The molecular weight excluding hydrogens is 556 g/mol. The number of benzene rings is 1. The average molecular weight is 599 g/mol. The van der Waals surface area contributed by atoms with Crippen LogP contribution in [0.15, 0.2) is 41.3 Å². The second-order valence-corrected chi connectivity index (χ2v) is 12.3. The summed E-state index contributed by atoms with van der Waals surface area (Å²) in [5.74, 6) is 1.21. The molecule has 0 unspecified atom stereocenters. The van der Waals surface area contributed by atoms with Crippen LogP contribution < -0.4 is 15.8 Å². The maximum Gasteiger partial charge on any atom is 0.410 e. The van der Waals surface area contributed by atoms with Crippen LogP contribution in [0.1, 0.15) is 66.2 Å². The first-order chi connectivity index (χ1) is 20.0. The lowest BCUT2D eigenvalue weighted by Gasteiger charge is -2.29. The van der Waals surface area contributed by atoms with E-state index in [2.05, 4.69) is 16.8 Å². The summed E-state index contributed by atoms with van der Waals surface area (Å²) in [6.45, 7) is 9.91. The van der Waals surface area contributed by atoms with Gasteiger partial charge in [-0.15, -0.1) is 0 Å². The maximum atomic E-state index is 13.4. The summed E-state index contributed by atoms with van der Waals surface area (Å²) in [6.07, 6.45) is 6.57. The predicted octanol–water partition coefficient (Wildman–Crippen LogP) is 5.35. The minimum absolute atomic E-state index is 0.0787. The predicted molar refractivity (Wildman–Crippen MR) is 166 cm³/mol. The summed E-state index contributed by atoms with van der Waals surface area (Å²) in [5.41, 5.74) is 0.826. The number of fused-ring (bicyclic) bond motifs is 1. The molecule has 2 amide bonds. The number of aryl methyl sites for hydroxylation is 1. The number of hydrogen-bond donors (Lipinski definition) is 1. The molecule has 2 aromatic heterocycles. The van der Waals surface area contributed by atoms with Crippen LogP contribution in [-0.4, -0.2) is 69.2 Å². The molecule has 1 N–H and O–H groups in total. The Morgan fingerprint density at radius 2 is 1.90 bits per heavy atom. The Balaban J connectivity index is 1.52. The van der Waals surface area contributed by atoms with Crippen molar-refractivity contribution in [3.63, 3.8) is 0 Å². The van der Waals surface area contributed by atoms with Gasteiger partial charge in [0.05, 0.1) is 5.69 Å². The van der Waals surface area contributed by atoms with Crippen LogP contribution in [0.2, 0.25) is 5.02 Å². The average Bonchev–Trinajstić information content (AvgIpc) is 3.60. The van der Waals surface area contributed by atoms with Gasteiger partial charge in [0.2, 0.25) is 11.7 Å². The fourth-order valence-electron chi connectivity index (χ4n) is 5.21. The summed E-state index contributed by atoms with van der Waals surface area (Å²) in [4.78, 5) is 47.4. The summed E-state index contributed by atoms with van der Waals surface area (Å²) >= 11 is 6.08. The van der Waals surface area contributed by atoms with Crippen LogP contribution in [0.3, 0.4) is 0 Å². The zero-order chi connectivity index (χ0) is 30.4. The minimum Gasteiger partial charge on any atom is -0.444 e. The first-order valence-corrected chi connectivity index (χ1v) is 15.2. The number of nitrogens with zero attached hydrogens (tertiary/aromatic N) is 5. The number of imidazole rings is 1. The zero-order valence-electron chi connectivity index (χ0n) is 25.4. The Morgan fingerprint density at radius 1 is 1.17 bits per heavy atom. The van der Waals surface area contributed by atoms with Crippen molar-refractivity contribution in [2.24, 2.45) is 0 Å². The molecule has 1 aliphatic rings. The molecule has 1 saturated heterocycles. The van der Waals surface area contributed by atoms with Gasteiger partial charge in [-0.2, -0.15) is 0 Å². The Bertz CT molecular complexity index is 1440. The molecule has 10 nitrogen and oxygen atoms in total. The van der Waals surface area contributed by atoms with E-state index in [0.717, 1.165) is 37.1 Å². The van der Waals surface area contributed by atoms with Gasteiger partial charge in [-0.1, -0.05) is 43.5 Å². The lowest BCUT2D eigenvalue weighted by molar-refractivity contribution is -0.122. The fraction of sp³-hybridized carbons (Fsp3) is 0.548. The molecule has 1 fully saturated rings. The number of aromatic nitrogens is 3. The van der Waals surface area contributed by atoms with Gasteiger partial charge in [0.25, 0.3) is 5.56 Å². The topological polar surface area (TPSA) is 101 Å². The fourth-order valence-corrected chi connectivity index (χ4v) is 5.33. The van der Waals surface area contributed by atoms with E-state index in [1.165, 1.54) is 4.90 Å². The molecule has 0 radical (unpaired) electrons. The summed E-state index contributed by atoms with van der Waals surface area (Å²) in [7, 11) is 1.69. The first-order valence-electron chi connectivity index (χ1n) is 14.9. The lowest BCUT2D eigenvalue weighted by Crippen LogP contribution is -2.45. The molecule has 0 aliphatic carbocycles. The summed E-state index contributed by atoms with van der Waals surface area (Å²) < 4.78 is 9.06. The molecule has 1 aliphatic heterocycles. The van der Waals surface area contributed by atoms with E-state index >= 15 is 0 Å². The van der Waals surface area contributed by atoms with Crippen LogP contribution in [0, 0.1) is 0 Å². The highest BCUT2D eigenvalue weighted by Crippen LogP contribution is 2.28. The molecule has 42 heavy (non-hydrogen) atoms. The highest BCUT2D eigenvalue weighted by molar-refractivity contribution is 6.30. The van der Waals surface area contributed by atoms with E-state index < -0.39 is 11.6 Å². The Labute approximate surface area is 252 Å². The van der Waals surface area contributed by atoms with Crippen molar-refractivity contribution >= 4 is 35.2 Å². The number of anilines is 1. The second kappa shape index (κ2) is 13.6. The number of carbonyl (C=O) groups excluding carboxylic acids is 2. The van der Waals surface area contributed by atoms with E-state index in [9.17, 15) is 14.4 Å². The summed E-state index contributed by atoms with van der Waals surface area (Å²) in [5, 5.41) is 3.68. The zero-order valence-corrected chi connectivity index (χ0v) is 26.1. The highest BCUT2D eigenvalue weighted by atomic mass is 35.5. The molecule has 1 aromatic carbocycles. The van der Waals surface area contributed by atoms with Crippen molar-refractivity contribution in [1.29, 1.82) is 0 Å². The van der Waals surface area contributed by atoms with E-state index in [0.29, 0.717) is 55.5 Å². The van der Waals surface area contributed by atoms with Crippen LogP contribution in [-0.2, 0) is 16.1 Å². The maximum absolute atomic E-state index is 13.4. The van der Waals surface area contributed by atoms with E-state index in [1.54, 1.807) is 23.7 Å². The van der Waals surface area contributed by atoms with Gasteiger partial charge in [-0.05, 0) is 58.6 Å². The number of halogens is 1. The standard InChI is InChI=1S/C31H43ClN6O4/c1-6-7-8-18-37-26(20-27(39)38-21-24(34-29(37)38)22-12-14-23(32)15-13-22)36-19-9-11-25(36)28(40)33-16-10-17-35(5)30(41)42-31(2,3)4/h12-15,20-21,25H,6-11,16-19H2,1-5H3,(H,33,40)/t25-/m0/s1. The van der Waals surface area contributed by atoms with Gasteiger partial charge in [-0.25, -0.2) is 9.78 Å². The first kappa shape index (κ1) is 31.4. The molecule has 0 spiro atoms. The smallest absolute Gasteiger partial charge is 0.410 e. The van der Waals surface area contributed by atoms with Crippen LogP contribution >= 0.6 is 11.6 Å². The third-order valence-electron chi connectivity index (χ3n) is 7.34. The van der Waals surface area contributed by atoms with Gasteiger partial charge in [-0.3, -0.25) is 18.6 Å². The number of ether oxygens (including phenoxy) is 1. The van der Waals surface area contributed by atoms with Crippen molar-refractivity contribution < 1.29 is 14.3 Å². The van der Waals surface area contributed by atoms with E-state index in [1.807, 2.05) is 49.9 Å². The van der Waals surface area contributed by atoms with Gasteiger partial charge in [0, 0.05) is 56.1 Å². The molecule has 228 valence electrons. The van der Waals surface area contributed by atoms with Gasteiger partial charge in [0.1, 0.15) is 17.5 Å². The van der Waals surface area contributed by atoms with Crippen LogP contribution in [0.25, 0.3) is 17.0 Å². The molecule has 0 bridgehead atoms. The Morgan fingerprint density at radius 3 is 2.60 bits per heavy atom. The van der Waals surface area contributed by atoms with Gasteiger partial charge in [0.15, 0.2) is 0 Å². The molecule has 3 aromatic rings. The quantitative estimate of drug-likeness (QED) is 0.299. The molecular formula is C31H43ClN6O4. The van der Waals surface area contributed by atoms with Crippen molar-refractivity contribution in [2.75, 3.05) is 31.6 Å². The van der Waals surface area contributed by atoms with Crippen molar-refractivity contribution in [2.45, 2.75) is 84.4 Å². The third kappa shape index (κ3) is 7.65. The number of carbonyl (C=O) groups is 2. The lowest BCUT2D eigenvalue weighted by atomic mass is 10.2. The number of unbranched alkanes of at least 4 members (excludes halogenated alkanes) is 2. The molecule has 11 heteroatoms. The molecule has 4 rings (SSSR count). The Hall–Kier alpha value is -3.53. The summed E-state index contributed by atoms with van der Waals surface area (Å²) in [6, 6.07) is 8.64. The van der Waals surface area contributed by atoms with Gasteiger partial charge < -0.3 is 19.9 Å². The second-order valence-electron chi connectivity index (χ2n) is 11.9. The largest absolute Gasteiger partial charge is 0.444 e. The van der Waals surface area contributed by atoms with E-state index in [-0.39, 0.29) is 17.6 Å². The van der Waals surface area contributed by atoms with Gasteiger partial charge >= 0.3 is 6.09 Å². The Kier molecular flexibility index (Phi) is 10.2. The van der Waals surface area contributed by atoms with Crippen molar-refractivity contribution in [3.8, 4) is 11.3 Å². The monoisotopic (exact) mass is 598 g/mol. The SMILES string of the molecule is CCCCCn1c(N2CCC[C@H]2C(=O)NCCCN(C)C(=O)OC(C)(C)C)cc(=O)n2cc(-c3ccc(Cl)cc3)nc12. The number of amides is 2. The molecule has 3 heterocycles. The number of nitrogens with one attached hydrogen (secondary N) is 1. The third-order valence-corrected chi connectivity index (χ3v) is 7.60. The number of hydrogen-bond acceptors (Lipinski definition) is 6. The molecule has 1 atom stereocenters.